The number of aromatic nitrogens is 2. The fourth-order valence-corrected chi connectivity index (χ4v) is 3.39. The van der Waals surface area contributed by atoms with Crippen molar-refractivity contribution in [2.24, 2.45) is 5.73 Å². The van der Waals surface area contributed by atoms with Gasteiger partial charge in [0, 0.05) is 24.8 Å². The lowest BCUT2D eigenvalue weighted by Gasteiger charge is -2.32. The van der Waals surface area contributed by atoms with E-state index in [9.17, 15) is 0 Å². The number of hydrogen-bond acceptors (Lipinski definition) is 3. The van der Waals surface area contributed by atoms with E-state index < -0.39 is 0 Å². The van der Waals surface area contributed by atoms with Crippen molar-refractivity contribution in [1.82, 2.24) is 9.78 Å². The molecule has 1 aromatic rings. The second-order valence-corrected chi connectivity index (χ2v) is 6.27. The van der Waals surface area contributed by atoms with E-state index in [0.717, 1.165) is 31.6 Å². The predicted molar refractivity (Wildman–Crippen MR) is 75.0 cm³/mol. The summed E-state index contributed by atoms with van der Waals surface area (Å²) in [6, 6.07) is 2.75. The van der Waals surface area contributed by atoms with Crippen LogP contribution in [0.25, 0.3) is 0 Å². The van der Waals surface area contributed by atoms with Crippen LogP contribution in [-0.2, 0) is 11.2 Å². The van der Waals surface area contributed by atoms with Gasteiger partial charge >= 0.3 is 0 Å². The molecular weight excluding hydrogens is 238 g/mol. The summed E-state index contributed by atoms with van der Waals surface area (Å²) in [6.07, 6.45) is 11.7. The Hall–Kier alpha value is -0.870. The standard InChI is InChI=1S/C15H25N3O/c16-15(8-4-10-19-12-15)11-13-7-9-18(17-13)14-5-2-1-3-6-14/h7,9,14H,1-6,8,10-12,16H2. The van der Waals surface area contributed by atoms with Crippen LogP contribution in [0, 0.1) is 0 Å². The highest BCUT2D eigenvalue weighted by atomic mass is 16.5. The van der Waals surface area contributed by atoms with E-state index in [1.807, 2.05) is 0 Å². The molecule has 4 heteroatoms. The zero-order chi connectivity index (χ0) is 13.1. The molecule has 2 fully saturated rings. The van der Waals surface area contributed by atoms with Crippen LogP contribution in [0.15, 0.2) is 12.3 Å². The van der Waals surface area contributed by atoms with Crippen LogP contribution in [0.1, 0.15) is 56.7 Å². The van der Waals surface area contributed by atoms with Crippen LogP contribution in [0.2, 0.25) is 0 Å². The molecule has 0 bridgehead atoms. The maximum absolute atomic E-state index is 6.40. The fraction of sp³-hybridized carbons (Fsp3) is 0.800. The van der Waals surface area contributed by atoms with Gasteiger partial charge in [-0.15, -0.1) is 0 Å². The Morgan fingerprint density at radius 3 is 2.89 bits per heavy atom. The normalized spacial score (nSPS) is 29.5. The Morgan fingerprint density at radius 1 is 1.32 bits per heavy atom. The van der Waals surface area contributed by atoms with Gasteiger partial charge in [0.15, 0.2) is 0 Å². The van der Waals surface area contributed by atoms with Crippen LogP contribution in [0.5, 0.6) is 0 Å². The van der Waals surface area contributed by atoms with Crippen LogP contribution in [0.4, 0.5) is 0 Å². The number of nitrogens with two attached hydrogens (primary N) is 1. The molecule has 3 rings (SSSR count). The van der Waals surface area contributed by atoms with E-state index in [4.69, 9.17) is 15.6 Å². The number of ether oxygens (including phenoxy) is 1. The molecule has 2 N–H and O–H groups in total. The monoisotopic (exact) mass is 263 g/mol. The molecule has 1 saturated carbocycles. The summed E-state index contributed by atoms with van der Waals surface area (Å²) in [5.41, 5.74) is 7.32. The summed E-state index contributed by atoms with van der Waals surface area (Å²) in [5, 5.41) is 4.75. The molecule has 0 spiro atoms. The lowest BCUT2D eigenvalue weighted by molar-refractivity contribution is 0.0377. The van der Waals surface area contributed by atoms with E-state index >= 15 is 0 Å². The maximum atomic E-state index is 6.40. The number of nitrogens with zero attached hydrogens (tertiary/aromatic N) is 2. The largest absolute Gasteiger partial charge is 0.380 e. The summed E-state index contributed by atoms with van der Waals surface area (Å²) < 4.78 is 7.69. The summed E-state index contributed by atoms with van der Waals surface area (Å²) in [7, 11) is 0. The van der Waals surface area contributed by atoms with Crippen LogP contribution < -0.4 is 5.73 Å². The van der Waals surface area contributed by atoms with Gasteiger partial charge < -0.3 is 10.5 Å². The molecule has 0 radical (unpaired) electrons. The van der Waals surface area contributed by atoms with Gasteiger partial charge in [-0.2, -0.15) is 5.10 Å². The summed E-state index contributed by atoms with van der Waals surface area (Å²) in [6.45, 7) is 1.53. The Bertz CT molecular complexity index is 403. The van der Waals surface area contributed by atoms with Crippen LogP contribution in [0.3, 0.4) is 0 Å². The first-order valence-corrected chi connectivity index (χ1v) is 7.66. The zero-order valence-electron chi connectivity index (χ0n) is 11.7. The third kappa shape index (κ3) is 3.18. The van der Waals surface area contributed by atoms with Gasteiger partial charge in [0.05, 0.1) is 18.3 Å². The third-order valence-electron chi connectivity index (χ3n) is 4.50. The lowest BCUT2D eigenvalue weighted by Crippen LogP contribution is -2.49. The van der Waals surface area contributed by atoms with Crippen molar-refractivity contribution in [2.45, 2.75) is 62.9 Å². The van der Waals surface area contributed by atoms with Gasteiger partial charge in [-0.05, 0) is 31.7 Å². The van der Waals surface area contributed by atoms with Crippen molar-refractivity contribution in [3.8, 4) is 0 Å². The summed E-state index contributed by atoms with van der Waals surface area (Å²) >= 11 is 0. The highest BCUT2D eigenvalue weighted by Crippen LogP contribution is 2.28. The molecule has 4 nitrogen and oxygen atoms in total. The summed E-state index contributed by atoms with van der Waals surface area (Å²) in [4.78, 5) is 0. The van der Waals surface area contributed by atoms with Gasteiger partial charge in [0.25, 0.3) is 0 Å². The van der Waals surface area contributed by atoms with Crippen molar-refractivity contribution < 1.29 is 4.74 Å². The Balaban J connectivity index is 1.63. The van der Waals surface area contributed by atoms with E-state index in [-0.39, 0.29) is 5.54 Å². The third-order valence-corrected chi connectivity index (χ3v) is 4.50. The van der Waals surface area contributed by atoms with E-state index in [1.54, 1.807) is 0 Å². The average molecular weight is 263 g/mol. The minimum atomic E-state index is -0.204. The van der Waals surface area contributed by atoms with Crippen LogP contribution in [-0.4, -0.2) is 28.5 Å². The average Bonchev–Trinajstić information content (AvgIpc) is 2.88. The molecule has 2 aliphatic rings. The fourth-order valence-electron chi connectivity index (χ4n) is 3.39. The molecule has 1 saturated heterocycles. The highest BCUT2D eigenvalue weighted by Gasteiger charge is 2.29. The van der Waals surface area contributed by atoms with Crippen molar-refractivity contribution in [3.63, 3.8) is 0 Å². The van der Waals surface area contributed by atoms with E-state index in [0.29, 0.717) is 12.6 Å². The Morgan fingerprint density at radius 2 is 2.16 bits per heavy atom. The second kappa shape index (κ2) is 5.63. The molecule has 1 aliphatic carbocycles. The molecule has 2 heterocycles. The molecule has 19 heavy (non-hydrogen) atoms. The molecule has 1 aliphatic heterocycles. The minimum absolute atomic E-state index is 0.204. The van der Waals surface area contributed by atoms with E-state index in [1.165, 1.54) is 32.1 Å². The summed E-state index contributed by atoms with van der Waals surface area (Å²) in [5.74, 6) is 0. The first-order valence-electron chi connectivity index (χ1n) is 7.66. The predicted octanol–water partition coefficient (Wildman–Crippen LogP) is 2.44. The lowest BCUT2D eigenvalue weighted by atomic mass is 9.89. The quantitative estimate of drug-likeness (QED) is 0.911. The van der Waals surface area contributed by atoms with Gasteiger partial charge in [-0.25, -0.2) is 0 Å². The number of rotatable bonds is 3. The zero-order valence-corrected chi connectivity index (χ0v) is 11.7. The molecule has 0 amide bonds. The first kappa shape index (κ1) is 13.1. The Kier molecular flexibility index (Phi) is 3.89. The molecule has 106 valence electrons. The van der Waals surface area contributed by atoms with Gasteiger partial charge in [0.1, 0.15) is 0 Å². The van der Waals surface area contributed by atoms with Gasteiger partial charge in [-0.1, -0.05) is 19.3 Å². The van der Waals surface area contributed by atoms with Crippen molar-refractivity contribution in [1.29, 1.82) is 0 Å². The van der Waals surface area contributed by atoms with Gasteiger partial charge in [-0.3, -0.25) is 4.68 Å². The maximum Gasteiger partial charge on any atom is 0.0650 e. The first-order chi connectivity index (χ1) is 9.25. The molecule has 1 atom stereocenters. The number of hydrogen-bond donors (Lipinski definition) is 1. The molecule has 1 unspecified atom stereocenters. The smallest absolute Gasteiger partial charge is 0.0650 e. The SMILES string of the molecule is NC1(Cc2ccn(C3CCCCC3)n2)CCCOC1. The second-order valence-electron chi connectivity index (χ2n) is 6.27. The molecule has 0 aromatic carbocycles. The topological polar surface area (TPSA) is 53.1 Å². The minimum Gasteiger partial charge on any atom is -0.380 e. The Labute approximate surface area is 115 Å². The highest BCUT2D eigenvalue weighted by molar-refractivity contribution is 5.07. The van der Waals surface area contributed by atoms with Crippen molar-refractivity contribution in [2.75, 3.05) is 13.2 Å². The van der Waals surface area contributed by atoms with E-state index in [2.05, 4.69) is 16.9 Å². The van der Waals surface area contributed by atoms with Crippen molar-refractivity contribution >= 4 is 0 Å². The van der Waals surface area contributed by atoms with Gasteiger partial charge in [0.2, 0.25) is 0 Å². The van der Waals surface area contributed by atoms with Crippen molar-refractivity contribution in [3.05, 3.63) is 18.0 Å². The van der Waals surface area contributed by atoms with Crippen LogP contribution >= 0.6 is 0 Å². The molecular formula is C15H25N3O. The molecule has 1 aromatic heterocycles.